The van der Waals surface area contributed by atoms with Gasteiger partial charge in [-0.2, -0.15) is 9.61 Å². The maximum Gasteiger partial charge on any atom is 0.165 e. The molecule has 0 radical (unpaired) electrons. The molecule has 0 bridgehead atoms. The van der Waals surface area contributed by atoms with E-state index in [0.717, 1.165) is 59.9 Å². The molecule has 0 unspecified atom stereocenters. The second-order valence-electron chi connectivity index (χ2n) is 10.7. The van der Waals surface area contributed by atoms with Crippen molar-refractivity contribution in [3.63, 3.8) is 0 Å². The summed E-state index contributed by atoms with van der Waals surface area (Å²) >= 11 is 6.26. The van der Waals surface area contributed by atoms with Crippen molar-refractivity contribution in [3.8, 4) is 28.0 Å². The van der Waals surface area contributed by atoms with Gasteiger partial charge in [0.2, 0.25) is 0 Å². The fourth-order valence-electron chi connectivity index (χ4n) is 6.13. The monoisotopic (exact) mass is 545 g/mol. The highest BCUT2D eigenvalue weighted by molar-refractivity contribution is 6.30. The number of nitrogens with zero attached hydrogens (tertiary/aromatic N) is 6. The zero-order chi connectivity index (χ0) is 27.1. The number of likely N-dealkylation sites (tertiary alicyclic amines) is 1. The van der Waals surface area contributed by atoms with E-state index in [4.69, 9.17) is 27.1 Å². The van der Waals surface area contributed by atoms with Crippen LogP contribution in [-0.4, -0.2) is 83.9 Å². The normalized spacial score (nSPS) is 17.7. The average Bonchev–Trinajstić information content (AvgIpc) is 3.37. The first-order valence-corrected chi connectivity index (χ1v) is 14.1. The molecule has 2 aromatic carbocycles. The van der Waals surface area contributed by atoms with E-state index in [1.165, 1.54) is 31.6 Å². The minimum absolute atomic E-state index is 0.533. The van der Waals surface area contributed by atoms with Gasteiger partial charge in [0, 0.05) is 54.1 Å². The van der Waals surface area contributed by atoms with Gasteiger partial charge in [0.05, 0.1) is 24.6 Å². The Morgan fingerprint density at radius 2 is 1.74 bits per heavy atom. The summed E-state index contributed by atoms with van der Waals surface area (Å²) in [6.07, 6.45) is 4.37. The smallest absolute Gasteiger partial charge is 0.165 e. The van der Waals surface area contributed by atoms with Crippen LogP contribution in [-0.2, 0) is 0 Å². The second-order valence-corrected chi connectivity index (χ2v) is 11.1. The molecule has 4 heterocycles. The van der Waals surface area contributed by atoms with Crippen LogP contribution in [0.1, 0.15) is 18.5 Å². The van der Waals surface area contributed by atoms with E-state index in [1.54, 1.807) is 11.6 Å². The van der Waals surface area contributed by atoms with E-state index < -0.39 is 0 Å². The highest BCUT2D eigenvalue weighted by atomic mass is 35.5. The Labute approximate surface area is 234 Å². The summed E-state index contributed by atoms with van der Waals surface area (Å²) in [5.41, 5.74) is 13.0. The molecule has 2 aliphatic heterocycles. The van der Waals surface area contributed by atoms with Gasteiger partial charge in [-0.1, -0.05) is 23.7 Å². The number of aromatic nitrogens is 3. The number of fused-ring (bicyclic) bond motifs is 1. The molecule has 2 fully saturated rings. The summed E-state index contributed by atoms with van der Waals surface area (Å²) in [4.78, 5) is 12.6. The lowest BCUT2D eigenvalue weighted by atomic mass is 10.0. The first kappa shape index (κ1) is 25.9. The minimum atomic E-state index is 0.533. The summed E-state index contributed by atoms with van der Waals surface area (Å²) in [5.74, 6) is 1.32. The van der Waals surface area contributed by atoms with Crippen LogP contribution in [0.15, 0.2) is 48.7 Å². The SMILES string of the molecule is COc1ccc(N2CCN(C3CCN(C)CC3)CC2)cc1-c1cnn2c(N)c(-c3cccc(Cl)c3)c(C)nc12. The fourth-order valence-corrected chi connectivity index (χ4v) is 6.32. The molecule has 0 saturated carbocycles. The van der Waals surface area contributed by atoms with Crippen LogP contribution in [0.2, 0.25) is 5.02 Å². The molecule has 9 heteroatoms. The lowest BCUT2D eigenvalue weighted by molar-refractivity contribution is 0.115. The number of piperazine rings is 1. The number of halogens is 1. The summed E-state index contributed by atoms with van der Waals surface area (Å²) in [7, 11) is 3.93. The van der Waals surface area contributed by atoms with Crippen molar-refractivity contribution >= 4 is 28.8 Å². The van der Waals surface area contributed by atoms with Crippen LogP contribution in [0.4, 0.5) is 11.5 Å². The molecule has 6 rings (SSSR count). The van der Waals surface area contributed by atoms with Crippen LogP contribution in [0, 0.1) is 6.92 Å². The molecular weight excluding hydrogens is 510 g/mol. The Morgan fingerprint density at radius 1 is 0.974 bits per heavy atom. The van der Waals surface area contributed by atoms with Crippen molar-refractivity contribution in [1.29, 1.82) is 0 Å². The highest BCUT2D eigenvalue weighted by Crippen LogP contribution is 2.38. The lowest BCUT2D eigenvalue weighted by Crippen LogP contribution is -2.53. The Morgan fingerprint density at radius 3 is 2.46 bits per heavy atom. The van der Waals surface area contributed by atoms with Crippen molar-refractivity contribution < 1.29 is 4.74 Å². The fraction of sp³-hybridized carbons (Fsp3) is 0.400. The maximum atomic E-state index is 6.66. The molecule has 2 aromatic heterocycles. The van der Waals surface area contributed by atoms with Crippen molar-refractivity contribution in [1.82, 2.24) is 24.4 Å². The number of rotatable bonds is 5. The predicted octanol–water partition coefficient (Wildman–Crippen LogP) is 4.83. The van der Waals surface area contributed by atoms with Gasteiger partial charge >= 0.3 is 0 Å². The number of hydrogen-bond donors (Lipinski definition) is 1. The van der Waals surface area contributed by atoms with E-state index in [9.17, 15) is 0 Å². The molecule has 204 valence electrons. The van der Waals surface area contributed by atoms with Gasteiger partial charge in [-0.3, -0.25) is 4.90 Å². The Hall–Kier alpha value is -3.33. The van der Waals surface area contributed by atoms with E-state index in [2.05, 4.69) is 39.0 Å². The van der Waals surface area contributed by atoms with E-state index in [1.807, 2.05) is 43.5 Å². The number of hydrogen-bond acceptors (Lipinski definition) is 7. The van der Waals surface area contributed by atoms with Crippen LogP contribution in [0.5, 0.6) is 5.75 Å². The third-order valence-corrected chi connectivity index (χ3v) is 8.57. The molecule has 2 N–H and O–H groups in total. The molecule has 8 nitrogen and oxygen atoms in total. The van der Waals surface area contributed by atoms with Crippen molar-refractivity contribution in [3.05, 3.63) is 59.4 Å². The van der Waals surface area contributed by atoms with Gasteiger partial charge in [0.15, 0.2) is 5.65 Å². The number of nitrogen functional groups attached to an aromatic ring is 1. The molecule has 2 saturated heterocycles. The molecule has 0 aliphatic carbocycles. The van der Waals surface area contributed by atoms with Crippen LogP contribution >= 0.6 is 11.6 Å². The number of piperidine rings is 1. The molecule has 0 amide bonds. The van der Waals surface area contributed by atoms with Crippen molar-refractivity contribution in [2.45, 2.75) is 25.8 Å². The summed E-state index contributed by atoms with van der Waals surface area (Å²) in [6.45, 7) is 8.59. The van der Waals surface area contributed by atoms with Gasteiger partial charge in [-0.25, -0.2) is 4.98 Å². The number of benzene rings is 2. The Balaban J connectivity index is 1.30. The van der Waals surface area contributed by atoms with Gasteiger partial charge in [-0.15, -0.1) is 0 Å². The van der Waals surface area contributed by atoms with Crippen molar-refractivity contribution in [2.75, 3.05) is 64.1 Å². The molecule has 0 atom stereocenters. The Kier molecular flexibility index (Phi) is 7.10. The number of anilines is 2. The zero-order valence-electron chi connectivity index (χ0n) is 22.9. The number of ether oxygens (including phenoxy) is 1. The van der Waals surface area contributed by atoms with Gasteiger partial charge in [-0.05, 0) is 75.8 Å². The first-order chi connectivity index (χ1) is 18.9. The van der Waals surface area contributed by atoms with Gasteiger partial charge < -0.3 is 20.3 Å². The van der Waals surface area contributed by atoms with E-state index in [0.29, 0.717) is 22.5 Å². The molecule has 4 aromatic rings. The average molecular weight is 546 g/mol. The summed E-state index contributed by atoms with van der Waals surface area (Å²) in [5, 5.41) is 5.30. The first-order valence-electron chi connectivity index (χ1n) is 13.7. The van der Waals surface area contributed by atoms with E-state index in [-0.39, 0.29) is 0 Å². The number of methoxy groups -OCH3 is 1. The van der Waals surface area contributed by atoms with Crippen LogP contribution in [0.3, 0.4) is 0 Å². The molecule has 0 spiro atoms. The quantitative estimate of drug-likeness (QED) is 0.385. The minimum Gasteiger partial charge on any atom is -0.496 e. The predicted molar refractivity (Wildman–Crippen MR) is 159 cm³/mol. The maximum absolute atomic E-state index is 6.66. The standard InChI is InChI=1S/C30H36ClN7O/c1-20-28(21-5-4-6-22(31)17-21)29(32)38-30(34-20)26(19-33-38)25-18-24(7-8-27(25)39-3)37-15-13-36(14-16-37)23-9-11-35(2)12-10-23/h4-8,17-19,23H,9-16,32H2,1-3H3. The lowest BCUT2D eigenvalue weighted by Gasteiger charge is -2.43. The zero-order valence-corrected chi connectivity index (χ0v) is 23.7. The second kappa shape index (κ2) is 10.7. The third-order valence-electron chi connectivity index (χ3n) is 8.33. The topological polar surface area (TPSA) is 75.2 Å². The van der Waals surface area contributed by atoms with E-state index >= 15 is 0 Å². The third kappa shape index (κ3) is 4.93. The molecule has 2 aliphatic rings. The summed E-state index contributed by atoms with van der Waals surface area (Å²) in [6, 6.07) is 14.8. The van der Waals surface area contributed by atoms with Crippen molar-refractivity contribution in [2.24, 2.45) is 0 Å². The number of nitrogens with two attached hydrogens (primary N) is 1. The summed E-state index contributed by atoms with van der Waals surface area (Å²) < 4.78 is 7.50. The number of aryl methyl sites for hydroxylation is 1. The molecule has 39 heavy (non-hydrogen) atoms. The van der Waals surface area contributed by atoms with Gasteiger partial charge in [0.1, 0.15) is 11.6 Å². The van der Waals surface area contributed by atoms with Crippen LogP contribution in [0.25, 0.3) is 27.9 Å². The van der Waals surface area contributed by atoms with Gasteiger partial charge in [0.25, 0.3) is 0 Å². The highest BCUT2D eigenvalue weighted by Gasteiger charge is 2.27. The Bertz CT molecular complexity index is 1490. The van der Waals surface area contributed by atoms with Crippen LogP contribution < -0.4 is 15.4 Å². The molecular formula is C30H36ClN7O. The largest absolute Gasteiger partial charge is 0.496 e.